The fourth-order valence-electron chi connectivity index (χ4n) is 3.07. The van der Waals surface area contributed by atoms with Crippen LogP contribution < -0.4 is 11.1 Å². The van der Waals surface area contributed by atoms with Crippen LogP contribution in [0, 0.1) is 6.57 Å². The van der Waals surface area contributed by atoms with Crippen LogP contribution in [0.2, 0.25) is 0 Å². The molecule has 0 spiro atoms. The molecule has 0 aromatic carbocycles. The van der Waals surface area contributed by atoms with Crippen molar-refractivity contribution in [2.45, 2.75) is 32.8 Å². The highest BCUT2D eigenvalue weighted by molar-refractivity contribution is 5.80. The van der Waals surface area contributed by atoms with Gasteiger partial charge in [0.1, 0.15) is 17.3 Å². The maximum absolute atomic E-state index is 13.3. The van der Waals surface area contributed by atoms with E-state index in [4.69, 9.17) is 17.0 Å². The third-order valence-corrected chi connectivity index (χ3v) is 4.40. The SMILES string of the molecule is [C-]#[N+]c1c(NCCc2cccc(COC)n2)nc2c(CC)c(C(F)F)nn2c1N. The number of rotatable bonds is 8. The first-order chi connectivity index (χ1) is 14.0. The summed E-state index contributed by atoms with van der Waals surface area (Å²) < 4.78 is 32.8. The van der Waals surface area contributed by atoms with Crippen LogP contribution in [0.4, 0.5) is 26.1 Å². The van der Waals surface area contributed by atoms with E-state index in [0.29, 0.717) is 31.6 Å². The Morgan fingerprint density at radius 1 is 1.31 bits per heavy atom. The average Bonchev–Trinajstić information content (AvgIpc) is 3.08. The summed E-state index contributed by atoms with van der Waals surface area (Å²) >= 11 is 0. The lowest BCUT2D eigenvalue weighted by Gasteiger charge is -2.11. The Morgan fingerprint density at radius 3 is 2.72 bits per heavy atom. The molecule has 0 aliphatic carbocycles. The number of pyridine rings is 1. The normalized spacial score (nSPS) is 11.2. The highest BCUT2D eigenvalue weighted by Crippen LogP contribution is 2.34. The van der Waals surface area contributed by atoms with Crippen LogP contribution in [0.5, 0.6) is 0 Å². The molecule has 0 saturated carbocycles. The Balaban J connectivity index is 1.89. The molecule has 152 valence electrons. The second kappa shape index (κ2) is 8.79. The van der Waals surface area contributed by atoms with Crippen LogP contribution in [0.25, 0.3) is 10.5 Å². The van der Waals surface area contributed by atoms with E-state index < -0.39 is 6.43 Å². The number of methoxy groups -OCH3 is 1. The number of anilines is 2. The Labute approximate surface area is 166 Å². The molecule has 29 heavy (non-hydrogen) atoms. The molecular weight excluding hydrogens is 380 g/mol. The molecule has 0 bridgehead atoms. The second-order valence-electron chi connectivity index (χ2n) is 6.29. The summed E-state index contributed by atoms with van der Waals surface area (Å²) in [7, 11) is 1.61. The third-order valence-electron chi connectivity index (χ3n) is 4.40. The number of nitrogens with one attached hydrogen (secondary N) is 1. The van der Waals surface area contributed by atoms with Gasteiger partial charge in [-0.3, -0.25) is 4.98 Å². The third kappa shape index (κ3) is 4.09. The van der Waals surface area contributed by atoms with Crippen molar-refractivity contribution in [2.75, 3.05) is 24.7 Å². The second-order valence-corrected chi connectivity index (χ2v) is 6.29. The maximum Gasteiger partial charge on any atom is 0.282 e. The van der Waals surface area contributed by atoms with Crippen LogP contribution in [-0.4, -0.2) is 33.2 Å². The van der Waals surface area contributed by atoms with Gasteiger partial charge in [0.2, 0.25) is 0 Å². The quantitative estimate of drug-likeness (QED) is 0.561. The maximum atomic E-state index is 13.3. The van der Waals surface area contributed by atoms with Gasteiger partial charge in [0.15, 0.2) is 5.65 Å². The van der Waals surface area contributed by atoms with E-state index in [0.717, 1.165) is 15.9 Å². The van der Waals surface area contributed by atoms with Gasteiger partial charge in [-0.2, -0.15) is 5.10 Å². The largest absolute Gasteiger partial charge is 0.392 e. The summed E-state index contributed by atoms with van der Waals surface area (Å²) in [5, 5.41) is 6.96. The number of nitrogen functional groups attached to an aromatic ring is 1. The molecule has 0 atom stereocenters. The van der Waals surface area contributed by atoms with E-state index in [2.05, 4.69) is 25.2 Å². The molecule has 0 unspecified atom stereocenters. The molecule has 3 N–H and O–H groups in total. The van der Waals surface area contributed by atoms with Crippen molar-refractivity contribution in [1.29, 1.82) is 0 Å². The number of aryl methyl sites for hydroxylation is 1. The smallest absolute Gasteiger partial charge is 0.282 e. The molecule has 0 saturated heterocycles. The standard InChI is InChI=1S/C19H21F2N7O/c1-4-13-14(16(20)21)27-28-17(22)15(23-2)18(26-19(13)28)24-9-8-11-6-5-7-12(25-11)10-29-3/h5-7,16H,4,8-10,22H2,1,3H3,(H,24,26). The Bertz CT molecular complexity index is 1060. The molecule has 10 heteroatoms. The predicted molar refractivity (Wildman–Crippen MR) is 105 cm³/mol. The van der Waals surface area contributed by atoms with E-state index in [-0.39, 0.29) is 28.7 Å². The van der Waals surface area contributed by atoms with E-state index in [9.17, 15) is 8.78 Å². The minimum atomic E-state index is -2.75. The summed E-state index contributed by atoms with van der Waals surface area (Å²) in [6.45, 7) is 10.0. The van der Waals surface area contributed by atoms with E-state index >= 15 is 0 Å². The van der Waals surface area contributed by atoms with Crippen LogP contribution in [0.15, 0.2) is 18.2 Å². The Hall–Kier alpha value is -3.32. The Kier molecular flexibility index (Phi) is 6.19. The van der Waals surface area contributed by atoms with Gasteiger partial charge in [0.05, 0.1) is 18.9 Å². The fourth-order valence-corrected chi connectivity index (χ4v) is 3.07. The summed E-state index contributed by atoms with van der Waals surface area (Å²) in [4.78, 5) is 12.3. The molecule has 3 rings (SSSR count). The van der Waals surface area contributed by atoms with Crippen molar-refractivity contribution < 1.29 is 13.5 Å². The van der Waals surface area contributed by atoms with Gasteiger partial charge in [0.25, 0.3) is 12.1 Å². The van der Waals surface area contributed by atoms with Gasteiger partial charge in [0, 0.05) is 31.3 Å². The fraction of sp³-hybridized carbons (Fsp3) is 0.368. The molecule has 0 amide bonds. The van der Waals surface area contributed by atoms with Crippen molar-refractivity contribution in [3.63, 3.8) is 0 Å². The highest BCUT2D eigenvalue weighted by Gasteiger charge is 2.24. The van der Waals surface area contributed by atoms with Gasteiger partial charge in [-0.15, -0.1) is 0 Å². The molecule has 0 aliphatic rings. The van der Waals surface area contributed by atoms with Crippen molar-refractivity contribution >= 4 is 23.0 Å². The molecule has 3 heterocycles. The topological polar surface area (TPSA) is 94.7 Å². The number of hydrogen-bond acceptors (Lipinski definition) is 6. The van der Waals surface area contributed by atoms with Crippen molar-refractivity contribution in [3.05, 3.63) is 52.3 Å². The number of aromatic nitrogens is 4. The first-order valence-electron chi connectivity index (χ1n) is 9.04. The molecular formula is C19H21F2N7O. The molecule has 0 radical (unpaired) electrons. The number of nitrogens with two attached hydrogens (primary N) is 1. The number of halogens is 2. The number of ether oxygens (including phenoxy) is 1. The van der Waals surface area contributed by atoms with Crippen molar-refractivity contribution in [1.82, 2.24) is 19.6 Å². The molecule has 0 aliphatic heterocycles. The monoisotopic (exact) mass is 401 g/mol. The molecule has 0 fully saturated rings. The Morgan fingerprint density at radius 2 is 2.07 bits per heavy atom. The predicted octanol–water partition coefficient (Wildman–Crippen LogP) is 3.56. The van der Waals surface area contributed by atoms with Crippen LogP contribution in [-0.2, 0) is 24.2 Å². The van der Waals surface area contributed by atoms with Gasteiger partial charge in [-0.1, -0.05) is 13.0 Å². The zero-order chi connectivity index (χ0) is 21.0. The van der Waals surface area contributed by atoms with Gasteiger partial charge < -0.3 is 15.8 Å². The summed E-state index contributed by atoms with van der Waals surface area (Å²) in [6, 6.07) is 5.66. The lowest BCUT2D eigenvalue weighted by Crippen LogP contribution is -2.11. The van der Waals surface area contributed by atoms with Crippen LogP contribution in [0.1, 0.15) is 36.0 Å². The first-order valence-corrected chi connectivity index (χ1v) is 9.04. The minimum absolute atomic E-state index is 0.0192. The number of fused-ring (bicyclic) bond motifs is 1. The zero-order valence-corrected chi connectivity index (χ0v) is 16.1. The number of hydrogen-bond donors (Lipinski definition) is 2. The van der Waals surface area contributed by atoms with Gasteiger partial charge in [-0.25, -0.2) is 23.1 Å². The first kappa shape index (κ1) is 20.4. The minimum Gasteiger partial charge on any atom is -0.392 e. The van der Waals surface area contributed by atoms with Crippen LogP contribution in [0.3, 0.4) is 0 Å². The lowest BCUT2D eigenvalue weighted by atomic mass is 10.2. The van der Waals surface area contributed by atoms with E-state index in [1.54, 1.807) is 14.0 Å². The van der Waals surface area contributed by atoms with E-state index in [1.165, 1.54) is 0 Å². The average molecular weight is 401 g/mol. The van der Waals surface area contributed by atoms with Gasteiger partial charge in [-0.05, 0) is 18.6 Å². The van der Waals surface area contributed by atoms with Crippen LogP contribution >= 0.6 is 0 Å². The molecule has 3 aromatic heterocycles. The van der Waals surface area contributed by atoms with Crippen molar-refractivity contribution in [3.8, 4) is 0 Å². The van der Waals surface area contributed by atoms with Crippen molar-refractivity contribution in [2.24, 2.45) is 0 Å². The lowest BCUT2D eigenvalue weighted by molar-refractivity contribution is 0.144. The highest BCUT2D eigenvalue weighted by atomic mass is 19.3. The van der Waals surface area contributed by atoms with E-state index in [1.807, 2.05) is 18.2 Å². The molecule has 8 nitrogen and oxygen atoms in total. The zero-order valence-electron chi connectivity index (χ0n) is 16.1. The number of alkyl halides is 2. The van der Waals surface area contributed by atoms with Gasteiger partial charge >= 0.3 is 0 Å². The molecule has 3 aromatic rings. The summed E-state index contributed by atoms with van der Waals surface area (Å²) in [5.74, 6) is 0.225. The number of nitrogens with zero attached hydrogens (tertiary/aromatic N) is 5. The summed E-state index contributed by atoms with van der Waals surface area (Å²) in [6.07, 6.45) is -1.85. The summed E-state index contributed by atoms with van der Waals surface area (Å²) in [5.41, 5.74) is 7.95.